The van der Waals surface area contributed by atoms with E-state index >= 15 is 0 Å². The molecule has 0 aromatic carbocycles. The molecule has 14 heteroatoms. The molecule has 10 nitrogen and oxygen atoms in total. The molecule has 0 atom stereocenters. The number of rotatable bonds is 9. The van der Waals surface area contributed by atoms with E-state index in [9.17, 15) is 22.8 Å². The fourth-order valence-electron chi connectivity index (χ4n) is 2.74. The Bertz CT molecular complexity index is 1120. The molecular formula is C20H20F3N7O3S. The number of nitrogens with one attached hydrogen (secondary N) is 2. The number of pyridine rings is 1. The number of unbranched alkanes of at least 4 members (excludes halogenated alkanes) is 1. The lowest BCUT2D eigenvalue weighted by molar-refractivity contribution is -0.137. The van der Waals surface area contributed by atoms with Crippen LogP contribution in [0.4, 0.5) is 23.8 Å². The number of anilines is 1. The van der Waals surface area contributed by atoms with E-state index in [2.05, 4.69) is 40.7 Å². The van der Waals surface area contributed by atoms with Crippen LogP contribution in [0.15, 0.2) is 30.5 Å². The topological polar surface area (TPSA) is 132 Å². The van der Waals surface area contributed by atoms with Crippen molar-refractivity contribution in [1.82, 2.24) is 30.7 Å². The van der Waals surface area contributed by atoms with Crippen LogP contribution in [0, 0.1) is 0 Å². The quantitative estimate of drug-likeness (QED) is 0.432. The highest BCUT2D eigenvalue weighted by Gasteiger charge is 2.30. The Labute approximate surface area is 196 Å². The second-order valence-electron chi connectivity index (χ2n) is 6.95. The normalized spacial score (nSPS) is 11.2. The molecule has 2 amide bonds. The molecule has 0 aliphatic heterocycles. The number of alkyl halides is 3. The lowest BCUT2D eigenvalue weighted by Gasteiger charge is -2.08. The fraction of sp³-hybridized carbons (Fsp3) is 0.350. The number of ether oxygens (including phenoxy) is 1. The Morgan fingerprint density at radius 3 is 2.53 bits per heavy atom. The summed E-state index contributed by atoms with van der Waals surface area (Å²) < 4.78 is 42.8. The summed E-state index contributed by atoms with van der Waals surface area (Å²) in [5, 5.41) is 21.5. The van der Waals surface area contributed by atoms with E-state index in [0.717, 1.165) is 48.2 Å². The Morgan fingerprint density at radius 1 is 1.03 bits per heavy atom. The van der Waals surface area contributed by atoms with Crippen LogP contribution < -0.4 is 10.6 Å². The predicted octanol–water partition coefficient (Wildman–Crippen LogP) is 3.42. The zero-order chi connectivity index (χ0) is 24.6. The summed E-state index contributed by atoms with van der Waals surface area (Å²) >= 11 is 1.12. The summed E-state index contributed by atoms with van der Waals surface area (Å²) in [4.78, 5) is 27.2. The van der Waals surface area contributed by atoms with Gasteiger partial charge in [-0.3, -0.25) is 15.1 Å². The largest absolute Gasteiger partial charge is 0.453 e. The van der Waals surface area contributed by atoms with Crippen molar-refractivity contribution in [1.29, 1.82) is 0 Å². The average Bonchev–Trinajstić information content (AvgIpc) is 3.30. The highest BCUT2D eigenvalue weighted by molar-refractivity contribution is 7.13. The Morgan fingerprint density at radius 2 is 1.82 bits per heavy atom. The maximum Gasteiger partial charge on any atom is 0.416 e. The van der Waals surface area contributed by atoms with Crippen molar-refractivity contribution in [3.05, 3.63) is 57.4 Å². The van der Waals surface area contributed by atoms with Gasteiger partial charge in [0.1, 0.15) is 5.01 Å². The van der Waals surface area contributed by atoms with Crippen LogP contribution in [-0.4, -0.2) is 44.5 Å². The molecule has 3 aromatic heterocycles. The zero-order valence-electron chi connectivity index (χ0n) is 17.9. The number of amides is 2. The molecule has 3 aromatic rings. The summed E-state index contributed by atoms with van der Waals surface area (Å²) in [5.74, 6) is -0.238. The fourth-order valence-corrected chi connectivity index (χ4v) is 3.54. The Hall–Kier alpha value is -3.68. The summed E-state index contributed by atoms with van der Waals surface area (Å²) in [5.41, 5.74) is 0.0193. The molecule has 180 valence electrons. The monoisotopic (exact) mass is 495 g/mol. The van der Waals surface area contributed by atoms with E-state index in [0.29, 0.717) is 23.7 Å². The van der Waals surface area contributed by atoms with E-state index in [1.807, 2.05) is 0 Å². The third-order valence-corrected chi connectivity index (χ3v) is 5.43. The van der Waals surface area contributed by atoms with E-state index < -0.39 is 23.7 Å². The lowest BCUT2D eigenvalue weighted by Crippen LogP contribution is -2.23. The highest BCUT2D eigenvalue weighted by Crippen LogP contribution is 2.29. The number of halogens is 3. The lowest BCUT2D eigenvalue weighted by atomic mass is 10.1. The summed E-state index contributed by atoms with van der Waals surface area (Å²) in [6, 6.07) is 5.14. The van der Waals surface area contributed by atoms with Crippen molar-refractivity contribution < 1.29 is 27.5 Å². The van der Waals surface area contributed by atoms with Gasteiger partial charge < -0.3 is 10.1 Å². The highest BCUT2D eigenvalue weighted by atomic mass is 32.1. The van der Waals surface area contributed by atoms with Crippen molar-refractivity contribution in [2.75, 3.05) is 12.4 Å². The number of hydrogen-bond acceptors (Lipinski definition) is 9. The molecule has 3 heterocycles. The number of carbonyl (C=O) groups excluding carboxylic acids is 2. The van der Waals surface area contributed by atoms with Gasteiger partial charge in [-0.1, -0.05) is 11.3 Å². The second-order valence-corrected chi connectivity index (χ2v) is 8.01. The minimum atomic E-state index is -4.48. The molecule has 0 bridgehead atoms. The van der Waals surface area contributed by atoms with Crippen molar-refractivity contribution >= 4 is 29.2 Å². The molecule has 0 radical (unpaired) electrons. The molecule has 0 aliphatic rings. The van der Waals surface area contributed by atoms with Crippen LogP contribution >= 0.6 is 11.3 Å². The van der Waals surface area contributed by atoms with Gasteiger partial charge in [0.25, 0.3) is 5.91 Å². The SMILES string of the molecule is COC(=O)Nc1ccc(CCCCc2nnc(C(=O)NCc3cc(C(F)(F)F)ccn3)s2)nn1. The zero-order valence-corrected chi connectivity index (χ0v) is 18.7. The summed E-state index contributed by atoms with van der Waals surface area (Å²) in [6.07, 6.45) is -1.22. The standard InChI is InChI=1S/C20H20F3N7O3S/c1-33-19(32)26-15-7-6-13(27-28-15)4-2-3-5-16-29-30-18(34-16)17(31)25-11-14-10-12(8-9-24-14)20(21,22)23/h6-10H,2-5,11H2,1H3,(H,25,31)(H,26,28,32). The van der Waals surface area contributed by atoms with E-state index in [4.69, 9.17) is 0 Å². The first-order chi connectivity index (χ1) is 16.2. The van der Waals surface area contributed by atoms with Gasteiger partial charge in [0.2, 0.25) is 5.01 Å². The maximum absolute atomic E-state index is 12.8. The molecule has 0 spiro atoms. The molecule has 0 unspecified atom stereocenters. The van der Waals surface area contributed by atoms with E-state index in [1.54, 1.807) is 12.1 Å². The van der Waals surface area contributed by atoms with Gasteiger partial charge in [-0.2, -0.15) is 18.3 Å². The smallest absolute Gasteiger partial charge is 0.416 e. The van der Waals surface area contributed by atoms with Crippen LogP contribution in [0.25, 0.3) is 0 Å². The molecule has 0 aliphatic carbocycles. The number of aryl methyl sites for hydroxylation is 2. The second kappa shape index (κ2) is 11.4. The third kappa shape index (κ3) is 7.43. The first kappa shape index (κ1) is 25.0. The number of carbonyl (C=O) groups is 2. The van der Waals surface area contributed by atoms with Crippen LogP contribution in [-0.2, 0) is 30.3 Å². The number of hydrogen-bond donors (Lipinski definition) is 2. The minimum Gasteiger partial charge on any atom is -0.453 e. The molecule has 34 heavy (non-hydrogen) atoms. The van der Waals surface area contributed by atoms with Gasteiger partial charge in [0, 0.05) is 12.6 Å². The van der Waals surface area contributed by atoms with Gasteiger partial charge >= 0.3 is 12.3 Å². The number of methoxy groups -OCH3 is 1. The van der Waals surface area contributed by atoms with Crippen LogP contribution in [0.3, 0.4) is 0 Å². The first-order valence-corrected chi connectivity index (χ1v) is 10.9. The molecule has 0 saturated heterocycles. The number of nitrogens with zero attached hydrogens (tertiary/aromatic N) is 5. The molecular weight excluding hydrogens is 475 g/mol. The maximum atomic E-state index is 12.8. The molecule has 2 N–H and O–H groups in total. The molecule has 3 rings (SSSR count). The van der Waals surface area contributed by atoms with Crippen LogP contribution in [0.1, 0.15) is 44.6 Å². The van der Waals surface area contributed by atoms with Crippen molar-refractivity contribution in [3.63, 3.8) is 0 Å². The van der Waals surface area contributed by atoms with Crippen molar-refractivity contribution in [3.8, 4) is 0 Å². The van der Waals surface area contributed by atoms with Crippen LogP contribution in [0.2, 0.25) is 0 Å². The van der Waals surface area contributed by atoms with Crippen molar-refractivity contribution in [2.45, 2.75) is 38.4 Å². The van der Waals surface area contributed by atoms with Crippen molar-refractivity contribution in [2.24, 2.45) is 0 Å². The third-order valence-electron chi connectivity index (χ3n) is 4.44. The van der Waals surface area contributed by atoms with Gasteiger partial charge in [0.15, 0.2) is 5.82 Å². The molecule has 0 saturated carbocycles. The minimum absolute atomic E-state index is 0.0881. The predicted molar refractivity (Wildman–Crippen MR) is 115 cm³/mol. The summed E-state index contributed by atoms with van der Waals surface area (Å²) in [6.45, 7) is -0.160. The van der Waals surface area contributed by atoms with Gasteiger partial charge in [-0.05, 0) is 43.5 Å². The van der Waals surface area contributed by atoms with Gasteiger partial charge in [-0.25, -0.2) is 4.79 Å². The van der Waals surface area contributed by atoms with E-state index in [-0.39, 0.29) is 17.2 Å². The van der Waals surface area contributed by atoms with E-state index in [1.165, 1.54) is 7.11 Å². The summed E-state index contributed by atoms with van der Waals surface area (Å²) in [7, 11) is 1.25. The Kier molecular flexibility index (Phi) is 8.40. The van der Waals surface area contributed by atoms with Crippen LogP contribution in [0.5, 0.6) is 0 Å². The Balaban J connectivity index is 1.41. The molecule has 0 fully saturated rings. The first-order valence-electron chi connectivity index (χ1n) is 10.0. The number of aromatic nitrogens is 5. The average molecular weight is 495 g/mol. The van der Waals surface area contributed by atoms with Gasteiger partial charge in [-0.15, -0.1) is 15.3 Å². The van der Waals surface area contributed by atoms with Gasteiger partial charge in [0.05, 0.1) is 30.6 Å².